The normalized spacial score (nSPS) is 21.6. The van der Waals surface area contributed by atoms with Crippen molar-refractivity contribution in [1.82, 2.24) is 5.32 Å². The van der Waals surface area contributed by atoms with Gasteiger partial charge in [-0.2, -0.15) is 0 Å². The molecule has 1 heterocycles. The van der Waals surface area contributed by atoms with Crippen LogP contribution in [0.1, 0.15) is 56.3 Å². The van der Waals surface area contributed by atoms with Crippen molar-refractivity contribution < 1.29 is 0 Å². The molecule has 0 bridgehead atoms. The van der Waals surface area contributed by atoms with Crippen LogP contribution >= 0.6 is 0 Å². The Bertz CT molecular complexity index is 425. The van der Waals surface area contributed by atoms with Gasteiger partial charge in [0.1, 0.15) is 0 Å². The highest BCUT2D eigenvalue weighted by Crippen LogP contribution is 2.30. The van der Waals surface area contributed by atoms with Crippen molar-refractivity contribution in [1.29, 1.82) is 0 Å². The van der Waals surface area contributed by atoms with Gasteiger partial charge in [-0.3, -0.25) is 0 Å². The summed E-state index contributed by atoms with van der Waals surface area (Å²) >= 11 is 0. The minimum atomic E-state index is 0.173. The predicted octanol–water partition coefficient (Wildman–Crippen LogP) is 3.29. The quantitative estimate of drug-likeness (QED) is 0.875. The Hall–Kier alpha value is -0.860. The molecule has 0 aliphatic carbocycles. The van der Waals surface area contributed by atoms with E-state index in [1.54, 1.807) is 0 Å². The second-order valence-corrected chi connectivity index (χ2v) is 7.02. The van der Waals surface area contributed by atoms with Crippen LogP contribution in [0, 0.1) is 12.8 Å². The fourth-order valence-corrected chi connectivity index (χ4v) is 2.91. The molecule has 1 aromatic carbocycles. The van der Waals surface area contributed by atoms with E-state index < -0.39 is 0 Å². The average Bonchev–Trinajstić information content (AvgIpc) is 2.80. The highest BCUT2D eigenvalue weighted by atomic mass is 14.9. The molecule has 0 saturated carbocycles. The Kier molecular flexibility index (Phi) is 4.32. The molecule has 0 radical (unpaired) electrons. The standard InChI is InChI=1S/C17H28N2/c1-12-5-6-14(17(2,3)4)10-15(12)16(18)9-13-7-8-19-11-13/h5-6,10,13,16,19H,7-9,11,18H2,1-4H3. The van der Waals surface area contributed by atoms with Gasteiger partial charge in [0.2, 0.25) is 0 Å². The minimum absolute atomic E-state index is 0.173. The molecule has 0 aromatic heterocycles. The second kappa shape index (κ2) is 5.64. The number of rotatable bonds is 3. The molecule has 1 aliphatic heterocycles. The molecule has 2 rings (SSSR count). The van der Waals surface area contributed by atoms with Crippen LogP contribution in [0.25, 0.3) is 0 Å². The Labute approximate surface area is 117 Å². The minimum Gasteiger partial charge on any atom is -0.324 e. The SMILES string of the molecule is Cc1ccc(C(C)(C)C)cc1C(N)CC1CCNC1. The van der Waals surface area contributed by atoms with Gasteiger partial charge in [-0.05, 0) is 60.9 Å². The monoisotopic (exact) mass is 260 g/mol. The molecule has 2 atom stereocenters. The van der Waals surface area contributed by atoms with Gasteiger partial charge in [-0.1, -0.05) is 39.0 Å². The summed E-state index contributed by atoms with van der Waals surface area (Å²) in [7, 11) is 0. The average molecular weight is 260 g/mol. The van der Waals surface area contributed by atoms with E-state index in [2.05, 4.69) is 51.2 Å². The molecule has 1 aromatic rings. The van der Waals surface area contributed by atoms with Crippen LogP contribution in [0.2, 0.25) is 0 Å². The van der Waals surface area contributed by atoms with Gasteiger partial charge in [0, 0.05) is 6.04 Å². The zero-order valence-electron chi connectivity index (χ0n) is 12.8. The fraction of sp³-hybridized carbons (Fsp3) is 0.647. The Balaban J connectivity index is 2.17. The van der Waals surface area contributed by atoms with Crippen LogP contribution < -0.4 is 11.1 Å². The van der Waals surface area contributed by atoms with Gasteiger partial charge in [0.25, 0.3) is 0 Å². The van der Waals surface area contributed by atoms with Gasteiger partial charge >= 0.3 is 0 Å². The number of hydrogen-bond donors (Lipinski definition) is 2. The lowest BCUT2D eigenvalue weighted by Gasteiger charge is -2.24. The second-order valence-electron chi connectivity index (χ2n) is 7.02. The summed E-state index contributed by atoms with van der Waals surface area (Å²) in [6.07, 6.45) is 2.37. The molecule has 1 saturated heterocycles. The van der Waals surface area contributed by atoms with Crippen molar-refractivity contribution in [3.63, 3.8) is 0 Å². The van der Waals surface area contributed by atoms with Gasteiger partial charge in [-0.25, -0.2) is 0 Å². The molecule has 2 heteroatoms. The first kappa shape index (κ1) is 14.5. The van der Waals surface area contributed by atoms with Crippen LogP contribution in [0.5, 0.6) is 0 Å². The fourth-order valence-electron chi connectivity index (χ4n) is 2.91. The summed E-state index contributed by atoms with van der Waals surface area (Å²) in [5, 5.41) is 3.42. The third-order valence-corrected chi connectivity index (χ3v) is 4.29. The van der Waals surface area contributed by atoms with Gasteiger partial charge in [-0.15, -0.1) is 0 Å². The first-order valence-electron chi connectivity index (χ1n) is 7.45. The number of nitrogens with one attached hydrogen (secondary N) is 1. The van der Waals surface area contributed by atoms with Gasteiger partial charge < -0.3 is 11.1 Å². The van der Waals surface area contributed by atoms with Gasteiger partial charge in [0.15, 0.2) is 0 Å². The highest BCUT2D eigenvalue weighted by molar-refractivity contribution is 5.36. The largest absolute Gasteiger partial charge is 0.324 e. The topological polar surface area (TPSA) is 38.0 Å². The van der Waals surface area contributed by atoms with E-state index in [1.807, 2.05) is 0 Å². The highest BCUT2D eigenvalue weighted by Gasteiger charge is 2.21. The lowest BCUT2D eigenvalue weighted by molar-refractivity contribution is 0.471. The van der Waals surface area contributed by atoms with Crippen molar-refractivity contribution in [2.45, 2.75) is 52.0 Å². The zero-order chi connectivity index (χ0) is 14.0. The molecule has 3 N–H and O–H groups in total. The Morgan fingerprint density at radius 1 is 1.37 bits per heavy atom. The number of aryl methyl sites for hydroxylation is 1. The lowest BCUT2D eigenvalue weighted by atomic mass is 9.83. The van der Waals surface area contributed by atoms with Crippen molar-refractivity contribution in [3.05, 3.63) is 34.9 Å². The number of nitrogens with two attached hydrogens (primary N) is 1. The molecule has 2 nitrogen and oxygen atoms in total. The molecule has 1 aliphatic rings. The number of benzene rings is 1. The van der Waals surface area contributed by atoms with Crippen molar-refractivity contribution in [3.8, 4) is 0 Å². The van der Waals surface area contributed by atoms with E-state index in [4.69, 9.17) is 5.73 Å². The summed E-state index contributed by atoms with van der Waals surface area (Å²) < 4.78 is 0. The summed E-state index contributed by atoms with van der Waals surface area (Å²) in [6, 6.07) is 6.96. The molecular formula is C17H28N2. The van der Waals surface area contributed by atoms with E-state index in [0.717, 1.165) is 25.4 Å². The Morgan fingerprint density at radius 3 is 2.68 bits per heavy atom. The third-order valence-electron chi connectivity index (χ3n) is 4.29. The maximum Gasteiger partial charge on any atom is 0.0300 e. The number of hydrogen-bond acceptors (Lipinski definition) is 2. The molecule has 106 valence electrons. The van der Waals surface area contributed by atoms with Crippen LogP contribution in [0.3, 0.4) is 0 Å². The van der Waals surface area contributed by atoms with Crippen molar-refractivity contribution in [2.24, 2.45) is 11.7 Å². The van der Waals surface area contributed by atoms with E-state index in [9.17, 15) is 0 Å². The maximum atomic E-state index is 6.46. The van der Waals surface area contributed by atoms with Crippen LogP contribution in [-0.2, 0) is 5.41 Å². The predicted molar refractivity (Wildman–Crippen MR) is 82.4 cm³/mol. The lowest BCUT2D eigenvalue weighted by Crippen LogP contribution is -2.19. The van der Waals surface area contributed by atoms with Crippen molar-refractivity contribution >= 4 is 0 Å². The smallest absolute Gasteiger partial charge is 0.0300 e. The summed E-state index contributed by atoms with van der Waals surface area (Å²) in [6.45, 7) is 11.2. The molecule has 0 amide bonds. The third kappa shape index (κ3) is 3.58. The summed E-state index contributed by atoms with van der Waals surface area (Å²) in [5.41, 5.74) is 10.7. The summed E-state index contributed by atoms with van der Waals surface area (Å²) in [4.78, 5) is 0. The first-order chi connectivity index (χ1) is 8.88. The van der Waals surface area contributed by atoms with E-state index in [-0.39, 0.29) is 11.5 Å². The molecule has 2 unspecified atom stereocenters. The van der Waals surface area contributed by atoms with Crippen LogP contribution in [0.15, 0.2) is 18.2 Å². The molecular weight excluding hydrogens is 232 g/mol. The van der Waals surface area contributed by atoms with Crippen LogP contribution in [0.4, 0.5) is 0 Å². The first-order valence-corrected chi connectivity index (χ1v) is 7.45. The van der Waals surface area contributed by atoms with E-state index in [0.29, 0.717) is 0 Å². The molecule has 19 heavy (non-hydrogen) atoms. The van der Waals surface area contributed by atoms with Gasteiger partial charge in [0.05, 0.1) is 0 Å². The molecule has 1 fully saturated rings. The summed E-state index contributed by atoms with van der Waals surface area (Å²) in [5.74, 6) is 0.743. The zero-order valence-corrected chi connectivity index (χ0v) is 12.8. The Morgan fingerprint density at radius 2 is 2.11 bits per heavy atom. The molecule has 0 spiro atoms. The van der Waals surface area contributed by atoms with Crippen molar-refractivity contribution in [2.75, 3.05) is 13.1 Å². The van der Waals surface area contributed by atoms with E-state index in [1.165, 1.54) is 23.1 Å². The maximum absolute atomic E-state index is 6.46. The van der Waals surface area contributed by atoms with E-state index >= 15 is 0 Å². The van der Waals surface area contributed by atoms with Crippen LogP contribution in [-0.4, -0.2) is 13.1 Å².